The van der Waals surface area contributed by atoms with Crippen LogP contribution in [-0.4, -0.2) is 31.1 Å². The average Bonchev–Trinajstić information content (AvgIpc) is 2.83. The third kappa shape index (κ3) is 2.14. The van der Waals surface area contributed by atoms with Crippen molar-refractivity contribution >= 4 is 17.7 Å². The zero-order valence-corrected chi connectivity index (χ0v) is 8.72. The maximum Gasteiger partial charge on any atom is 0.358 e. The predicted octanol–water partition coefficient (Wildman–Crippen LogP) is -0.0296. The van der Waals surface area contributed by atoms with E-state index in [-0.39, 0.29) is 5.69 Å². The summed E-state index contributed by atoms with van der Waals surface area (Å²) in [5.41, 5.74) is -0.121. The molecule has 0 unspecified atom stereocenters. The minimum absolute atomic E-state index is 0.121. The second-order valence-electron chi connectivity index (χ2n) is 2.79. The van der Waals surface area contributed by atoms with Crippen LogP contribution in [0.5, 0.6) is 0 Å². The normalized spacial score (nSPS) is 10.5. The average molecular weight is 241 g/mol. The van der Waals surface area contributed by atoms with E-state index >= 15 is 0 Å². The van der Waals surface area contributed by atoms with Gasteiger partial charge in [0.1, 0.15) is 12.1 Å². The van der Waals surface area contributed by atoms with Gasteiger partial charge >= 0.3 is 5.97 Å². The highest BCUT2D eigenvalue weighted by molar-refractivity contribution is 7.98. The van der Waals surface area contributed by atoms with Crippen LogP contribution in [0.4, 0.5) is 0 Å². The zero-order valence-electron chi connectivity index (χ0n) is 7.90. The number of nitrogen functional groups attached to an aromatic ring is 1. The Morgan fingerprint density at radius 3 is 3.06 bits per heavy atom. The lowest BCUT2D eigenvalue weighted by Crippen LogP contribution is -2.07. The molecule has 84 valence electrons. The summed E-state index contributed by atoms with van der Waals surface area (Å²) >= 11 is 1.27. The number of thioether (sulfide) groups is 1. The van der Waals surface area contributed by atoms with Crippen LogP contribution in [0.2, 0.25) is 0 Å². The number of aromatic carboxylic acids is 1. The number of nitrogens with zero attached hydrogens (tertiary/aromatic N) is 4. The number of carboxylic acid groups (broad SMARTS) is 1. The molecule has 16 heavy (non-hydrogen) atoms. The number of hydrogen-bond acceptors (Lipinski definition) is 7. The minimum atomic E-state index is -1.12. The maximum atomic E-state index is 10.5. The van der Waals surface area contributed by atoms with Crippen molar-refractivity contribution in [1.82, 2.24) is 20.0 Å². The molecule has 0 bridgehead atoms. The number of rotatable bonds is 4. The highest BCUT2D eigenvalue weighted by Gasteiger charge is 2.11. The number of aromatic nitrogens is 4. The van der Waals surface area contributed by atoms with Gasteiger partial charge in [0, 0.05) is 6.07 Å². The lowest BCUT2D eigenvalue weighted by Gasteiger charge is -1.95. The lowest BCUT2D eigenvalue weighted by molar-refractivity contribution is 0.0685. The Morgan fingerprint density at radius 2 is 2.50 bits per heavy atom. The summed E-state index contributed by atoms with van der Waals surface area (Å²) in [6.45, 7) is 0. The van der Waals surface area contributed by atoms with E-state index in [0.717, 1.165) is 0 Å². The molecule has 0 aliphatic rings. The van der Waals surface area contributed by atoms with E-state index in [2.05, 4.69) is 15.4 Å². The first kappa shape index (κ1) is 10.5. The van der Waals surface area contributed by atoms with Gasteiger partial charge in [0.15, 0.2) is 5.69 Å². The Kier molecular flexibility index (Phi) is 2.77. The summed E-state index contributed by atoms with van der Waals surface area (Å²) in [5.74, 6) is 5.19. The Balaban J connectivity index is 2.00. The zero-order chi connectivity index (χ0) is 11.5. The molecule has 3 N–H and O–H groups in total. The van der Waals surface area contributed by atoms with Crippen LogP contribution in [0, 0.1) is 0 Å². The Labute approximate surface area is 93.4 Å². The quantitative estimate of drug-likeness (QED) is 0.565. The SMILES string of the molecule is Nn1cnnc1SCc1cc(C(=O)O)no1. The molecular weight excluding hydrogens is 234 g/mol. The molecule has 0 aromatic carbocycles. The summed E-state index contributed by atoms with van der Waals surface area (Å²) in [5, 5.41) is 19.8. The molecule has 0 aliphatic carbocycles. The van der Waals surface area contributed by atoms with Crippen LogP contribution >= 0.6 is 11.8 Å². The highest BCUT2D eigenvalue weighted by atomic mass is 32.2. The van der Waals surface area contributed by atoms with Gasteiger partial charge in [0.05, 0.1) is 5.75 Å². The van der Waals surface area contributed by atoms with Crippen LogP contribution in [0.15, 0.2) is 22.1 Å². The number of carbonyl (C=O) groups is 1. The molecule has 0 spiro atoms. The largest absolute Gasteiger partial charge is 0.476 e. The first-order chi connectivity index (χ1) is 7.66. The van der Waals surface area contributed by atoms with Crippen molar-refractivity contribution < 1.29 is 14.4 Å². The van der Waals surface area contributed by atoms with Gasteiger partial charge in [-0.15, -0.1) is 10.2 Å². The molecule has 0 fully saturated rings. The van der Waals surface area contributed by atoms with Crippen molar-refractivity contribution in [2.75, 3.05) is 5.84 Å². The van der Waals surface area contributed by atoms with Crippen molar-refractivity contribution in [3.8, 4) is 0 Å². The van der Waals surface area contributed by atoms with Crippen LogP contribution < -0.4 is 5.84 Å². The van der Waals surface area contributed by atoms with E-state index < -0.39 is 5.97 Å². The molecule has 0 radical (unpaired) electrons. The fourth-order valence-electron chi connectivity index (χ4n) is 0.953. The summed E-state index contributed by atoms with van der Waals surface area (Å²) in [6, 6.07) is 1.35. The second kappa shape index (κ2) is 4.23. The first-order valence-corrected chi connectivity index (χ1v) is 5.12. The minimum Gasteiger partial charge on any atom is -0.476 e. The third-order valence-electron chi connectivity index (χ3n) is 1.66. The lowest BCUT2D eigenvalue weighted by atomic mass is 10.4. The summed E-state index contributed by atoms with van der Waals surface area (Å²) in [6.07, 6.45) is 1.37. The van der Waals surface area contributed by atoms with Crippen molar-refractivity contribution in [1.29, 1.82) is 0 Å². The van der Waals surface area contributed by atoms with Crippen molar-refractivity contribution in [2.45, 2.75) is 10.9 Å². The third-order valence-corrected chi connectivity index (χ3v) is 2.64. The molecule has 0 saturated carbocycles. The Bertz CT molecular complexity index is 508. The van der Waals surface area contributed by atoms with Gasteiger partial charge in [-0.3, -0.25) is 0 Å². The number of nitrogens with two attached hydrogens (primary N) is 1. The van der Waals surface area contributed by atoms with Crippen LogP contribution in [0.1, 0.15) is 16.2 Å². The monoisotopic (exact) mass is 241 g/mol. The van der Waals surface area contributed by atoms with Gasteiger partial charge in [0.2, 0.25) is 5.16 Å². The molecule has 2 aromatic heterocycles. The van der Waals surface area contributed by atoms with Crippen LogP contribution in [-0.2, 0) is 5.75 Å². The van der Waals surface area contributed by atoms with Gasteiger partial charge in [-0.25, -0.2) is 9.47 Å². The molecule has 0 aliphatic heterocycles. The maximum absolute atomic E-state index is 10.5. The van der Waals surface area contributed by atoms with E-state index in [1.165, 1.54) is 28.8 Å². The van der Waals surface area contributed by atoms with Gasteiger partial charge in [-0.1, -0.05) is 16.9 Å². The first-order valence-electron chi connectivity index (χ1n) is 4.13. The van der Waals surface area contributed by atoms with E-state index in [9.17, 15) is 4.79 Å². The van der Waals surface area contributed by atoms with Crippen molar-refractivity contribution in [3.63, 3.8) is 0 Å². The van der Waals surface area contributed by atoms with Crippen molar-refractivity contribution in [3.05, 3.63) is 23.8 Å². The highest BCUT2D eigenvalue weighted by Crippen LogP contribution is 2.19. The fourth-order valence-corrected chi connectivity index (χ4v) is 1.66. The Morgan fingerprint density at radius 1 is 1.69 bits per heavy atom. The van der Waals surface area contributed by atoms with E-state index in [1.807, 2.05) is 0 Å². The van der Waals surface area contributed by atoms with Gasteiger partial charge in [0.25, 0.3) is 0 Å². The molecule has 0 amide bonds. The molecule has 2 rings (SSSR count). The Hall–Kier alpha value is -2.03. The van der Waals surface area contributed by atoms with Gasteiger partial charge in [-0.05, 0) is 0 Å². The van der Waals surface area contributed by atoms with E-state index in [1.54, 1.807) is 0 Å². The van der Waals surface area contributed by atoms with Gasteiger partial charge < -0.3 is 15.5 Å². The predicted molar refractivity (Wildman–Crippen MR) is 53.2 cm³/mol. The summed E-state index contributed by atoms with van der Waals surface area (Å²) in [7, 11) is 0. The summed E-state index contributed by atoms with van der Waals surface area (Å²) in [4.78, 5) is 10.5. The number of hydrogen-bond donors (Lipinski definition) is 2. The fraction of sp³-hybridized carbons (Fsp3) is 0.143. The molecule has 2 aromatic rings. The van der Waals surface area contributed by atoms with Crippen LogP contribution in [0.25, 0.3) is 0 Å². The molecule has 2 heterocycles. The molecule has 8 nitrogen and oxygen atoms in total. The van der Waals surface area contributed by atoms with Crippen molar-refractivity contribution in [2.24, 2.45) is 0 Å². The standard InChI is InChI=1S/C7H7N5O3S/c8-12-3-9-10-7(12)16-2-4-1-5(6(13)14)11-15-4/h1,3H,2,8H2,(H,13,14). The second-order valence-corrected chi connectivity index (χ2v) is 3.74. The smallest absolute Gasteiger partial charge is 0.358 e. The van der Waals surface area contributed by atoms with Crippen LogP contribution in [0.3, 0.4) is 0 Å². The molecule has 0 saturated heterocycles. The van der Waals surface area contributed by atoms with E-state index in [0.29, 0.717) is 16.7 Å². The molecular formula is C7H7N5O3S. The van der Waals surface area contributed by atoms with Gasteiger partial charge in [-0.2, -0.15) is 0 Å². The summed E-state index contributed by atoms with van der Waals surface area (Å²) < 4.78 is 6.08. The van der Waals surface area contributed by atoms with E-state index in [4.69, 9.17) is 15.5 Å². The molecule has 9 heteroatoms. The number of carboxylic acids is 1. The molecule has 0 atom stereocenters. The topological polar surface area (TPSA) is 120 Å².